The Labute approximate surface area is 108 Å². The maximum Gasteiger partial charge on any atom is 0.407 e. The normalized spacial score (nSPS) is 14.1. The van der Waals surface area contributed by atoms with E-state index in [2.05, 4.69) is 5.32 Å². The lowest BCUT2D eigenvalue weighted by Crippen LogP contribution is -2.38. The zero-order valence-corrected chi connectivity index (χ0v) is 11.9. The topological polar surface area (TPSA) is 102 Å². The number of carbonyl (C=O) groups is 1. The van der Waals surface area contributed by atoms with E-state index in [-0.39, 0.29) is 19.6 Å². The number of aliphatic hydroxyl groups is 1. The minimum absolute atomic E-state index is 0.0530. The molecule has 8 heteroatoms. The molecule has 0 aromatic rings. The first-order chi connectivity index (χ1) is 8.03. The van der Waals surface area contributed by atoms with Crippen LogP contribution in [0.4, 0.5) is 4.79 Å². The van der Waals surface area contributed by atoms with Gasteiger partial charge in [-0.25, -0.2) is 4.79 Å². The molecular formula is C10H21NO6S. The van der Waals surface area contributed by atoms with Crippen molar-refractivity contribution in [3.63, 3.8) is 0 Å². The van der Waals surface area contributed by atoms with E-state index in [1.807, 2.05) is 0 Å². The van der Waals surface area contributed by atoms with E-state index in [0.717, 1.165) is 6.26 Å². The summed E-state index contributed by atoms with van der Waals surface area (Å²) in [5.74, 6) is 0. The lowest BCUT2D eigenvalue weighted by atomic mass is 10.2. The van der Waals surface area contributed by atoms with E-state index in [0.29, 0.717) is 0 Å². The maximum absolute atomic E-state index is 11.3. The number of hydrogen-bond donors (Lipinski definition) is 2. The standard InChI is InChI=1S/C10H21NO6S/c1-10(2,3)16-9(13)11-7-8(5-6-12)17-18(4,14)15/h8,12H,5-7H2,1-4H3,(H,11,13). The Morgan fingerprint density at radius 3 is 2.33 bits per heavy atom. The third-order valence-electron chi connectivity index (χ3n) is 1.63. The Morgan fingerprint density at radius 2 is 1.94 bits per heavy atom. The van der Waals surface area contributed by atoms with Gasteiger partial charge in [-0.3, -0.25) is 4.18 Å². The van der Waals surface area contributed by atoms with E-state index in [4.69, 9.17) is 14.0 Å². The minimum atomic E-state index is -3.63. The Hall–Kier alpha value is -0.860. The molecule has 18 heavy (non-hydrogen) atoms. The number of ether oxygens (including phenoxy) is 1. The van der Waals surface area contributed by atoms with Crippen LogP contribution < -0.4 is 5.32 Å². The lowest BCUT2D eigenvalue weighted by molar-refractivity contribution is 0.0493. The molecule has 0 bridgehead atoms. The second-order valence-electron chi connectivity index (χ2n) is 4.82. The second kappa shape index (κ2) is 6.91. The average Bonchev–Trinajstić information content (AvgIpc) is 2.09. The molecule has 108 valence electrons. The van der Waals surface area contributed by atoms with Crippen LogP contribution in [0.1, 0.15) is 27.2 Å². The van der Waals surface area contributed by atoms with Gasteiger partial charge in [-0.05, 0) is 27.2 Å². The number of amides is 1. The molecule has 7 nitrogen and oxygen atoms in total. The molecule has 0 aromatic heterocycles. The smallest absolute Gasteiger partial charge is 0.407 e. The van der Waals surface area contributed by atoms with Crippen molar-refractivity contribution >= 4 is 16.2 Å². The van der Waals surface area contributed by atoms with E-state index in [1.165, 1.54) is 0 Å². The molecule has 0 aliphatic rings. The predicted octanol–water partition coefficient (Wildman–Crippen LogP) is 0.238. The number of hydrogen-bond acceptors (Lipinski definition) is 6. The molecule has 0 saturated heterocycles. The van der Waals surface area contributed by atoms with Crippen LogP contribution in [-0.2, 0) is 19.0 Å². The molecule has 0 aliphatic carbocycles. The van der Waals surface area contributed by atoms with Crippen LogP contribution in [0.25, 0.3) is 0 Å². The zero-order chi connectivity index (χ0) is 14.4. The summed E-state index contributed by atoms with van der Waals surface area (Å²) in [5.41, 5.74) is -0.631. The van der Waals surface area contributed by atoms with E-state index in [1.54, 1.807) is 20.8 Å². The van der Waals surface area contributed by atoms with Crippen LogP contribution in [0.2, 0.25) is 0 Å². The Morgan fingerprint density at radius 1 is 1.39 bits per heavy atom. The van der Waals surface area contributed by atoms with Crippen LogP contribution >= 0.6 is 0 Å². The molecule has 0 rings (SSSR count). The summed E-state index contributed by atoms with van der Waals surface area (Å²) in [7, 11) is -3.63. The van der Waals surface area contributed by atoms with E-state index < -0.39 is 27.9 Å². The molecule has 1 atom stereocenters. The molecular weight excluding hydrogens is 262 g/mol. The van der Waals surface area contributed by atoms with Crippen LogP contribution in [0.3, 0.4) is 0 Å². The average molecular weight is 283 g/mol. The van der Waals surface area contributed by atoms with Gasteiger partial charge in [0.2, 0.25) is 0 Å². The molecule has 1 amide bonds. The van der Waals surface area contributed by atoms with Gasteiger partial charge in [0.25, 0.3) is 10.1 Å². The highest BCUT2D eigenvalue weighted by molar-refractivity contribution is 7.86. The van der Waals surface area contributed by atoms with Gasteiger partial charge in [0.1, 0.15) is 5.60 Å². The Kier molecular flexibility index (Phi) is 6.58. The van der Waals surface area contributed by atoms with Crippen molar-refractivity contribution in [3.05, 3.63) is 0 Å². The summed E-state index contributed by atoms with van der Waals surface area (Å²) < 4.78 is 31.6. The molecule has 0 spiro atoms. The van der Waals surface area contributed by atoms with Gasteiger partial charge in [0.15, 0.2) is 0 Å². The van der Waals surface area contributed by atoms with E-state index in [9.17, 15) is 13.2 Å². The van der Waals surface area contributed by atoms with Crippen LogP contribution in [0.5, 0.6) is 0 Å². The van der Waals surface area contributed by atoms with Gasteiger partial charge in [-0.2, -0.15) is 8.42 Å². The first-order valence-corrected chi connectivity index (χ1v) is 7.31. The summed E-state index contributed by atoms with van der Waals surface area (Å²) in [4.78, 5) is 11.3. The number of aliphatic hydroxyl groups excluding tert-OH is 1. The number of rotatable bonds is 6. The van der Waals surface area contributed by atoms with Gasteiger partial charge in [-0.15, -0.1) is 0 Å². The molecule has 2 N–H and O–H groups in total. The molecule has 0 aromatic carbocycles. The molecule has 0 heterocycles. The summed E-state index contributed by atoms with van der Waals surface area (Å²) in [6, 6.07) is 0. The highest BCUT2D eigenvalue weighted by atomic mass is 32.2. The van der Waals surface area contributed by atoms with Crippen molar-refractivity contribution in [3.8, 4) is 0 Å². The first-order valence-electron chi connectivity index (χ1n) is 5.49. The van der Waals surface area contributed by atoms with Gasteiger partial charge < -0.3 is 15.2 Å². The largest absolute Gasteiger partial charge is 0.444 e. The van der Waals surface area contributed by atoms with Gasteiger partial charge in [0.05, 0.1) is 12.4 Å². The third kappa shape index (κ3) is 10.3. The van der Waals surface area contributed by atoms with E-state index >= 15 is 0 Å². The first kappa shape index (κ1) is 17.1. The van der Waals surface area contributed by atoms with Crippen molar-refractivity contribution < 1.29 is 27.2 Å². The number of nitrogens with one attached hydrogen (secondary N) is 1. The molecule has 1 unspecified atom stereocenters. The van der Waals surface area contributed by atoms with Crippen LogP contribution in [0.15, 0.2) is 0 Å². The van der Waals surface area contributed by atoms with Crippen molar-refractivity contribution in [2.24, 2.45) is 0 Å². The monoisotopic (exact) mass is 283 g/mol. The van der Waals surface area contributed by atoms with Gasteiger partial charge >= 0.3 is 6.09 Å². The fourth-order valence-electron chi connectivity index (χ4n) is 1.09. The van der Waals surface area contributed by atoms with Crippen molar-refractivity contribution in [2.45, 2.75) is 38.9 Å². The third-order valence-corrected chi connectivity index (χ3v) is 2.26. The van der Waals surface area contributed by atoms with Crippen molar-refractivity contribution in [2.75, 3.05) is 19.4 Å². The maximum atomic E-state index is 11.3. The van der Waals surface area contributed by atoms with Crippen molar-refractivity contribution in [1.82, 2.24) is 5.32 Å². The summed E-state index contributed by atoms with van der Waals surface area (Å²) in [6.45, 7) is 4.85. The van der Waals surface area contributed by atoms with Crippen molar-refractivity contribution in [1.29, 1.82) is 0 Å². The highest BCUT2D eigenvalue weighted by Crippen LogP contribution is 2.07. The quantitative estimate of drug-likeness (QED) is 0.677. The molecule has 0 saturated carbocycles. The zero-order valence-electron chi connectivity index (χ0n) is 11.1. The SMILES string of the molecule is CC(C)(C)OC(=O)NCC(CCO)OS(C)(=O)=O. The summed E-state index contributed by atoms with van der Waals surface area (Å²) >= 11 is 0. The Bertz CT molecular complexity index is 359. The number of alkyl carbamates (subject to hydrolysis) is 1. The molecule has 0 radical (unpaired) electrons. The van der Waals surface area contributed by atoms with Gasteiger partial charge in [0, 0.05) is 13.2 Å². The molecule has 0 fully saturated rings. The minimum Gasteiger partial charge on any atom is -0.444 e. The molecule has 0 aliphatic heterocycles. The fourth-order valence-corrected chi connectivity index (χ4v) is 1.75. The lowest BCUT2D eigenvalue weighted by Gasteiger charge is -2.21. The fraction of sp³-hybridized carbons (Fsp3) is 0.900. The summed E-state index contributed by atoms with van der Waals surface area (Å²) in [5, 5.41) is 11.2. The Balaban J connectivity index is 4.23. The number of carbonyl (C=O) groups excluding carboxylic acids is 1. The van der Waals surface area contributed by atoms with Crippen LogP contribution in [0, 0.1) is 0 Å². The highest BCUT2D eigenvalue weighted by Gasteiger charge is 2.19. The predicted molar refractivity (Wildman–Crippen MR) is 65.7 cm³/mol. The second-order valence-corrected chi connectivity index (χ2v) is 6.42. The van der Waals surface area contributed by atoms with Crippen LogP contribution in [-0.4, -0.2) is 50.7 Å². The summed E-state index contributed by atoms with van der Waals surface area (Å²) in [6.07, 6.45) is -0.465. The van der Waals surface area contributed by atoms with Gasteiger partial charge in [-0.1, -0.05) is 0 Å².